The first-order valence-electron chi connectivity index (χ1n) is 6.23. The fourth-order valence-electron chi connectivity index (χ4n) is 2.03. The maximum Gasteiger partial charge on any atom is 0.124 e. The van der Waals surface area contributed by atoms with Crippen molar-refractivity contribution in [2.45, 2.75) is 19.4 Å². The lowest BCUT2D eigenvalue weighted by Crippen LogP contribution is -2.22. The van der Waals surface area contributed by atoms with Gasteiger partial charge in [0.1, 0.15) is 5.82 Å². The van der Waals surface area contributed by atoms with Crippen LogP contribution in [-0.4, -0.2) is 16.3 Å². The van der Waals surface area contributed by atoms with E-state index in [4.69, 9.17) is 0 Å². The maximum absolute atomic E-state index is 13.0. The van der Waals surface area contributed by atoms with E-state index < -0.39 is 0 Å². The van der Waals surface area contributed by atoms with Crippen molar-refractivity contribution >= 4 is 15.9 Å². The van der Waals surface area contributed by atoms with Crippen molar-refractivity contribution in [2.75, 3.05) is 6.54 Å². The van der Waals surface area contributed by atoms with E-state index in [2.05, 4.69) is 33.3 Å². The molecular weight excluding hydrogens is 309 g/mol. The highest BCUT2D eigenvalue weighted by molar-refractivity contribution is 9.10. The highest BCUT2D eigenvalue weighted by Gasteiger charge is 2.09. The Morgan fingerprint density at radius 1 is 1.42 bits per heavy atom. The van der Waals surface area contributed by atoms with E-state index in [1.54, 1.807) is 12.3 Å². The van der Waals surface area contributed by atoms with Crippen LogP contribution in [0.25, 0.3) is 0 Å². The van der Waals surface area contributed by atoms with E-state index in [1.165, 1.54) is 17.8 Å². The van der Waals surface area contributed by atoms with Gasteiger partial charge in [0.05, 0.1) is 0 Å². The van der Waals surface area contributed by atoms with E-state index in [-0.39, 0.29) is 11.9 Å². The SMILES string of the molecule is CC(NCCc1ccnn1C)c1ccc(F)cc1Br. The number of benzene rings is 1. The Morgan fingerprint density at radius 3 is 2.84 bits per heavy atom. The number of aromatic nitrogens is 2. The van der Waals surface area contributed by atoms with Crippen molar-refractivity contribution in [3.63, 3.8) is 0 Å². The van der Waals surface area contributed by atoms with E-state index >= 15 is 0 Å². The second-order valence-electron chi connectivity index (χ2n) is 4.54. The topological polar surface area (TPSA) is 29.9 Å². The minimum atomic E-state index is -0.224. The Kier molecular flexibility index (Phi) is 4.71. The standard InChI is InChI=1S/C14H17BrFN3/c1-10(13-4-3-11(16)9-14(13)15)17-7-5-12-6-8-18-19(12)2/h3-4,6,8-10,17H,5,7H2,1-2H3. The van der Waals surface area contributed by atoms with Crippen molar-refractivity contribution in [3.05, 3.63) is 52.0 Å². The molecule has 2 aromatic rings. The average molecular weight is 326 g/mol. The molecule has 1 atom stereocenters. The molecule has 1 aromatic carbocycles. The smallest absolute Gasteiger partial charge is 0.124 e. The molecule has 1 N–H and O–H groups in total. The Labute approximate surface area is 121 Å². The molecular formula is C14H17BrFN3. The summed E-state index contributed by atoms with van der Waals surface area (Å²) in [6.07, 6.45) is 2.72. The van der Waals surface area contributed by atoms with Crippen LogP contribution in [0.5, 0.6) is 0 Å². The van der Waals surface area contributed by atoms with Crippen LogP contribution in [0.15, 0.2) is 34.9 Å². The molecule has 3 nitrogen and oxygen atoms in total. The van der Waals surface area contributed by atoms with Crippen LogP contribution in [0.2, 0.25) is 0 Å². The fraction of sp³-hybridized carbons (Fsp3) is 0.357. The van der Waals surface area contributed by atoms with Crippen molar-refractivity contribution in [2.24, 2.45) is 7.05 Å². The number of hydrogen-bond donors (Lipinski definition) is 1. The Morgan fingerprint density at radius 2 is 2.21 bits per heavy atom. The average Bonchev–Trinajstić information content (AvgIpc) is 2.75. The summed E-state index contributed by atoms with van der Waals surface area (Å²) in [7, 11) is 1.94. The van der Waals surface area contributed by atoms with Gasteiger partial charge in [0, 0.05) is 42.4 Å². The lowest BCUT2D eigenvalue weighted by atomic mass is 10.1. The molecule has 0 saturated heterocycles. The molecule has 0 fully saturated rings. The predicted molar refractivity (Wildman–Crippen MR) is 77.4 cm³/mol. The molecule has 0 spiro atoms. The summed E-state index contributed by atoms with van der Waals surface area (Å²) < 4.78 is 15.7. The molecule has 102 valence electrons. The first kappa shape index (κ1) is 14.2. The summed E-state index contributed by atoms with van der Waals surface area (Å²) in [4.78, 5) is 0. The lowest BCUT2D eigenvalue weighted by Gasteiger charge is -2.16. The Balaban J connectivity index is 1.91. The van der Waals surface area contributed by atoms with Crippen LogP contribution >= 0.6 is 15.9 Å². The summed E-state index contributed by atoms with van der Waals surface area (Å²) >= 11 is 3.40. The van der Waals surface area contributed by atoms with Gasteiger partial charge in [0.25, 0.3) is 0 Å². The van der Waals surface area contributed by atoms with Gasteiger partial charge in [-0.05, 0) is 30.7 Å². The number of hydrogen-bond acceptors (Lipinski definition) is 2. The van der Waals surface area contributed by atoms with E-state index in [0.29, 0.717) is 0 Å². The summed E-state index contributed by atoms with van der Waals surface area (Å²) in [5, 5.41) is 7.57. The van der Waals surface area contributed by atoms with E-state index in [9.17, 15) is 4.39 Å². The molecule has 1 unspecified atom stereocenters. The van der Waals surface area contributed by atoms with Gasteiger partial charge in [-0.2, -0.15) is 5.10 Å². The molecule has 2 rings (SSSR count). The molecule has 0 aliphatic heterocycles. The third kappa shape index (κ3) is 3.64. The van der Waals surface area contributed by atoms with Gasteiger partial charge in [-0.15, -0.1) is 0 Å². The second-order valence-corrected chi connectivity index (χ2v) is 5.39. The van der Waals surface area contributed by atoms with Gasteiger partial charge < -0.3 is 5.32 Å². The molecule has 19 heavy (non-hydrogen) atoms. The zero-order valence-electron chi connectivity index (χ0n) is 11.0. The first-order valence-corrected chi connectivity index (χ1v) is 7.02. The highest BCUT2D eigenvalue weighted by Crippen LogP contribution is 2.24. The van der Waals surface area contributed by atoms with Crippen LogP contribution < -0.4 is 5.32 Å². The lowest BCUT2D eigenvalue weighted by molar-refractivity contribution is 0.559. The quantitative estimate of drug-likeness (QED) is 0.914. The molecule has 0 saturated carbocycles. The van der Waals surface area contributed by atoms with Crippen molar-refractivity contribution in [1.82, 2.24) is 15.1 Å². The summed E-state index contributed by atoms with van der Waals surface area (Å²) in [6, 6.07) is 6.97. The highest BCUT2D eigenvalue weighted by atomic mass is 79.9. The molecule has 0 aliphatic carbocycles. The van der Waals surface area contributed by atoms with Crippen LogP contribution in [0.3, 0.4) is 0 Å². The third-order valence-corrected chi connectivity index (χ3v) is 3.87. The second kappa shape index (κ2) is 6.30. The summed E-state index contributed by atoms with van der Waals surface area (Å²) in [5.41, 5.74) is 2.25. The largest absolute Gasteiger partial charge is 0.310 e. The predicted octanol–water partition coefficient (Wildman–Crippen LogP) is 3.22. The van der Waals surface area contributed by atoms with Crippen molar-refractivity contribution in [3.8, 4) is 0 Å². The van der Waals surface area contributed by atoms with Gasteiger partial charge >= 0.3 is 0 Å². The van der Waals surface area contributed by atoms with Crippen molar-refractivity contribution < 1.29 is 4.39 Å². The van der Waals surface area contributed by atoms with Gasteiger partial charge in [0.2, 0.25) is 0 Å². The van der Waals surface area contributed by atoms with Crippen LogP contribution in [-0.2, 0) is 13.5 Å². The van der Waals surface area contributed by atoms with Gasteiger partial charge in [-0.25, -0.2) is 4.39 Å². The zero-order chi connectivity index (χ0) is 13.8. The van der Waals surface area contributed by atoms with Crippen LogP contribution in [0.4, 0.5) is 4.39 Å². The molecule has 0 amide bonds. The molecule has 1 aromatic heterocycles. The molecule has 1 heterocycles. The van der Waals surface area contributed by atoms with E-state index in [1.807, 2.05) is 17.8 Å². The van der Waals surface area contributed by atoms with Gasteiger partial charge in [0.15, 0.2) is 0 Å². The van der Waals surface area contributed by atoms with Crippen molar-refractivity contribution in [1.29, 1.82) is 0 Å². The van der Waals surface area contributed by atoms with Crippen LogP contribution in [0, 0.1) is 5.82 Å². The Bertz CT molecular complexity index is 553. The summed E-state index contributed by atoms with van der Waals surface area (Å²) in [5.74, 6) is -0.224. The third-order valence-electron chi connectivity index (χ3n) is 3.18. The maximum atomic E-state index is 13.0. The number of rotatable bonds is 5. The molecule has 5 heteroatoms. The summed E-state index contributed by atoms with van der Waals surface area (Å²) in [6.45, 7) is 2.92. The fourth-order valence-corrected chi connectivity index (χ4v) is 2.72. The number of nitrogens with zero attached hydrogens (tertiary/aromatic N) is 2. The first-order chi connectivity index (χ1) is 9.08. The number of halogens is 2. The number of aryl methyl sites for hydroxylation is 1. The molecule has 0 bridgehead atoms. The van der Waals surface area contributed by atoms with E-state index in [0.717, 1.165) is 23.0 Å². The Hall–Kier alpha value is -1.20. The van der Waals surface area contributed by atoms with Crippen LogP contribution in [0.1, 0.15) is 24.2 Å². The normalized spacial score (nSPS) is 12.6. The molecule has 0 radical (unpaired) electrons. The monoisotopic (exact) mass is 325 g/mol. The van der Waals surface area contributed by atoms with Gasteiger partial charge in [-0.3, -0.25) is 4.68 Å². The zero-order valence-corrected chi connectivity index (χ0v) is 12.6. The number of nitrogens with one attached hydrogen (secondary N) is 1. The minimum absolute atomic E-state index is 0.170. The minimum Gasteiger partial charge on any atom is -0.310 e. The van der Waals surface area contributed by atoms with Gasteiger partial charge in [-0.1, -0.05) is 22.0 Å². The molecule has 0 aliphatic rings.